The van der Waals surface area contributed by atoms with Gasteiger partial charge in [-0.1, -0.05) is 11.6 Å². The van der Waals surface area contributed by atoms with E-state index in [2.05, 4.69) is 10.1 Å². The number of aromatic nitrogens is 3. The van der Waals surface area contributed by atoms with Crippen molar-refractivity contribution in [1.29, 1.82) is 0 Å². The molecule has 0 fully saturated rings. The lowest BCUT2D eigenvalue weighted by molar-refractivity contribution is 0.113. The standard InChI is InChI=1S/C19H16ClFN4O2/c1-11-18-16(12-4-6-22-7-5-12)17(14-3-2-13(20)10-15(14)21)23-25(18)9-8-24(11)19(26)27/h2-7,10-11H,8-9H2,1H3,(H,26,27). The highest BCUT2D eigenvalue weighted by Crippen LogP contribution is 2.41. The topological polar surface area (TPSA) is 71.2 Å². The van der Waals surface area contributed by atoms with E-state index in [0.717, 1.165) is 11.3 Å². The molecule has 0 saturated carbocycles. The number of nitrogens with zero attached hydrogens (tertiary/aromatic N) is 4. The number of benzene rings is 1. The maximum absolute atomic E-state index is 14.6. The number of carboxylic acid groups (broad SMARTS) is 1. The van der Waals surface area contributed by atoms with E-state index in [4.69, 9.17) is 11.6 Å². The lowest BCUT2D eigenvalue weighted by Crippen LogP contribution is -2.40. The van der Waals surface area contributed by atoms with Crippen molar-refractivity contribution in [2.24, 2.45) is 0 Å². The highest BCUT2D eigenvalue weighted by atomic mass is 35.5. The fourth-order valence-electron chi connectivity index (χ4n) is 3.55. The first kappa shape index (κ1) is 17.5. The monoisotopic (exact) mass is 386 g/mol. The molecule has 1 unspecified atom stereocenters. The van der Waals surface area contributed by atoms with Gasteiger partial charge < -0.3 is 5.11 Å². The Kier molecular flexibility index (Phi) is 4.31. The summed E-state index contributed by atoms with van der Waals surface area (Å²) in [5.41, 5.74) is 3.03. The van der Waals surface area contributed by atoms with Gasteiger partial charge in [-0.2, -0.15) is 5.10 Å². The minimum atomic E-state index is -0.991. The number of pyridine rings is 1. The lowest BCUT2D eigenvalue weighted by atomic mass is 9.96. The van der Waals surface area contributed by atoms with Gasteiger partial charge in [-0.15, -0.1) is 0 Å². The molecule has 0 spiro atoms. The van der Waals surface area contributed by atoms with Gasteiger partial charge in [0.25, 0.3) is 0 Å². The van der Waals surface area contributed by atoms with E-state index in [1.807, 2.05) is 19.1 Å². The summed E-state index contributed by atoms with van der Waals surface area (Å²) in [5.74, 6) is -0.476. The summed E-state index contributed by atoms with van der Waals surface area (Å²) in [6.07, 6.45) is 2.29. The fourth-order valence-corrected chi connectivity index (χ4v) is 3.71. The first-order chi connectivity index (χ1) is 13.0. The number of carbonyl (C=O) groups is 1. The molecular weight excluding hydrogens is 371 g/mol. The Labute approximate surface area is 159 Å². The molecular formula is C19H16ClFN4O2. The number of rotatable bonds is 2. The van der Waals surface area contributed by atoms with Gasteiger partial charge in [0.05, 0.1) is 18.3 Å². The van der Waals surface area contributed by atoms with Crippen LogP contribution in [0.15, 0.2) is 42.7 Å². The second kappa shape index (κ2) is 6.66. The number of hydrogen-bond acceptors (Lipinski definition) is 3. The summed E-state index contributed by atoms with van der Waals surface area (Å²) >= 11 is 5.89. The summed E-state index contributed by atoms with van der Waals surface area (Å²) < 4.78 is 16.4. The third-order valence-electron chi connectivity index (χ3n) is 4.81. The van der Waals surface area contributed by atoms with Crippen molar-refractivity contribution in [2.75, 3.05) is 6.54 Å². The van der Waals surface area contributed by atoms with E-state index in [0.29, 0.717) is 34.9 Å². The zero-order valence-electron chi connectivity index (χ0n) is 14.4. The molecule has 8 heteroatoms. The second-order valence-corrected chi connectivity index (χ2v) is 6.78. The molecule has 27 heavy (non-hydrogen) atoms. The van der Waals surface area contributed by atoms with Crippen LogP contribution in [0.25, 0.3) is 22.4 Å². The Bertz CT molecular complexity index is 1020. The molecule has 1 amide bonds. The molecule has 3 heterocycles. The molecule has 2 aromatic heterocycles. The molecule has 0 bridgehead atoms. The van der Waals surface area contributed by atoms with Crippen LogP contribution in [0.3, 0.4) is 0 Å². The van der Waals surface area contributed by atoms with E-state index in [1.165, 1.54) is 11.0 Å². The van der Waals surface area contributed by atoms with E-state index in [-0.39, 0.29) is 0 Å². The Morgan fingerprint density at radius 1 is 1.26 bits per heavy atom. The normalized spacial score (nSPS) is 16.3. The number of amides is 1. The minimum absolute atomic E-state index is 0.302. The van der Waals surface area contributed by atoms with Gasteiger partial charge in [-0.25, -0.2) is 9.18 Å². The highest BCUT2D eigenvalue weighted by Gasteiger charge is 2.34. The summed E-state index contributed by atoms with van der Waals surface area (Å²) in [6, 6.07) is 7.65. The summed E-state index contributed by atoms with van der Waals surface area (Å²) in [4.78, 5) is 17.0. The van der Waals surface area contributed by atoms with Crippen LogP contribution >= 0.6 is 11.6 Å². The van der Waals surface area contributed by atoms with Gasteiger partial charge in [0.15, 0.2) is 0 Å². The summed E-state index contributed by atoms with van der Waals surface area (Å²) in [7, 11) is 0. The first-order valence-electron chi connectivity index (χ1n) is 8.43. The molecule has 1 N–H and O–H groups in total. The molecule has 0 radical (unpaired) electrons. The van der Waals surface area contributed by atoms with Gasteiger partial charge in [0.2, 0.25) is 0 Å². The molecule has 4 rings (SSSR count). The van der Waals surface area contributed by atoms with Crippen molar-refractivity contribution in [2.45, 2.75) is 19.5 Å². The molecule has 1 atom stereocenters. The van der Waals surface area contributed by atoms with E-state index in [9.17, 15) is 14.3 Å². The maximum atomic E-state index is 14.6. The predicted molar refractivity (Wildman–Crippen MR) is 99.0 cm³/mol. The first-order valence-corrected chi connectivity index (χ1v) is 8.81. The number of halogens is 2. The van der Waals surface area contributed by atoms with Gasteiger partial charge in [-0.05, 0) is 42.8 Å². The SMILES string of the molecule is CC1c2c(-c3ccncc3)c(-c3ccc(Cl)cc3F)nn2CCN1C(=O)O. The van der Waals surface area contributed by atoms with Crippen molar-refractivity contribution in [3.63, 3.8) is 0 Å². The molecule has 1 aromatic carbocycles. The quantitative estimate of drug-likeness (QED) is 0.705. The highest BCUT2D eigenvalue weighted by molar-refractivity contribution is 6.30. The second-order valence-electron chi connectivity index (χ2n) is 6.34. The fraction of sp³-hybridized carbons (Fsp3) is 0.211. The van der Waals surface area contributed by atoms with Crippen LogP contribution in [0.1, 0.15) is 18.7 Å². The Hall–Kier alpha value is -2.93. The van der Waals surface area contributed by atoms with E-state index in [1.54, 1.807) is 29.2 Å². The Balaban J connectivity index is 1.98. The molecule has 1 aliphatic rings. The van der Waals surface area contributed by atoms with Crippen LogP contribution in [0, 0.1) is 5.82 Å². The summed E-state index contributed by atoms with van der Waals surface area (Å²) in [6.45, 7) is 2.54. The molecule has 1 aliphatic heterocycles. The molecule has 138 valence electrons. The van der Waals surface area contributed by atoms with Crippen LogP contribution in [-0.2, 0) is 6.54 Å². The molecule has 6 nitrogen and oxygen atoms in total. The van der Waals surface area contributed by atoms with Crippen molar-refractivity contribution < 1.29 is 14.3 Å². The van der Waals surface area contributed by atoms with Gasteiger partial charge >= 0.3 is 6.09 Å². The summed E-state index contributed by atoms with van der Waals surface area (Å²) in [5, 5.41) is 14.4. The Morgan fingerprint density at radius 3 is 2.67 bits per heavy atom. The molecule has 0 aliphatic carbocycles. The number of hydrogen-bond donors (Lipinski definition) is 1. The maximum Gasteiger partial charge on any atom is 0.407 e. The zero-order valence-corrected chi connectivity index (χ0v) is 15.2. The van der Waals surface area contributed by atoms with Crippen molar-refractivity contribution in [3.8, 4) is 22.4 Å². The predicted octanol–water partition coefficient (Wildman–Crippen LogP) is 4.46. The van der Waals surface area contributed by atoms with Gasteiger partial charge in [-0.3, -0.25) is 14.6 Å². The van der Waals surface area contributed by atoms with Crippen molar-refractivity contribution >= 4 is 17.7 Å². The zero-order chi connectivity index (χ0) is 19.1. The largest absolute Gasteiger partial charge is 0.465 e. The van der Waals surface area contributed by atoms with Gasteiger partial charge in [0.1, 0.15) is 11.5 Å². The van der Waals surface area contributed by atoms with E-state index >= 15 is 0 Å². The van der Waals surface area contributed by atoms with E-state index < -0.39 is 18.0 Å². The van der Waals surface area contributed by atoms with Crippen molar-refractivity contribution in [3.05, 3.63) is 59.3 Å². The molecule has 0 saturated heterocycles. The van der Waals surface area contributed by atoms with Gasteiger partial charge in [0, 0.05) is 35.1 Å². The average Bonchev–Trinajstić information content (AvgIpc) is 3.02. The smallest absolute Gasteiger partial charge is 0.407 e. The lowest BCUT2D eigenvalue weighted by Gasteiger charge is -2.32. The van der Waals surface area contributed by atoms with Crippen LogP contribution in [0.4, 0.5) is 9.18 Å². The molecule has 3 aromatic rings. The number of fused-ring (bicyclic) bond motifs is 1. The van der Waals surface area contributed by atoms with Crippen LogP contribution in [0.5, 0.6) is 0 Å². The van der Waals surface area contributed by atoms with Crippen LogP contribution < -0.4 is 0 Å². The van der Waals surface area contributed by atoms with Crippen molar-refractivity contribution in [1.82, 2.24) is 19.7 Å². The van der Waals surface area contributed by atoms with Crippen LogP contribution in [0.2, 0.25) is 5.02 Å². The average molecular weight is 387 g/mol. The van der Waals surface area contributed by atoms with Crippen LogP contribution in [-0.4, -0.2) is 37.4 Å². The third-order valence-corrected chi connectivity index (χ3v) is 5.04. The Morgan fingerprint density at radius 2 is 2.00 bits per heavy atom. The third kappa shape index (κ3) is 2.94. The minimum Gasteiger partial charge on any atom is -0.465 e.